The Bertz CT molecular complexity index is 499. The van der Waals surface area contributed by atoms with E-state index in [1.54, 1.807) is 0 Å². The summed E-state index contributed by atoms with van der Waals surface area (Å²) in [6.45, 7) is 1.02. The Morgan fingerprint density at radius 3 is 3.12 bits per heavy atom. The number of rotatable bonds is 3. The molecule has 0 atom stereocenters. The van der Waals surface area contributed by atoms with E-state index < -0.39 is 0 Å². The number of fused-ring (bicyclic) bond motifs is 3. The van der Waals surface area contributed by atoms with Crippen molar-refractivity contribution >= 4 is 22.7 Å². The summed E-state index contributed by atoms with van der Waals surface area (Å²) < 4.78 is 0. The lowest BCUT2D eigenvalue weighted by Crippen LogP contribution is -2.09. The Hall–Kier alpha value is -0.710. The zero-order valence-corrected chi connectivity index (χ0v) is 10.9. The predicted molar refractivity (Wildman–Crippen MR) is 70.5 cm³/mol. The molecule has 0 saturated heterocycles. The highest BCUT2D eigenvalue weighted by Crippen LogP contribution is 2.38. The molecule has 2 heterocycles. The van der Waals surface area contributed by atoms with Crippen molar-refractivity contribution in [2.24, 2.45) is 0 Å². The lowest BCUT2D eigenvalue weighted by molar-refractivity contribution is 0.788. The summed E-state index contributed by atoms with van der Waals surface area (Å²) in [6.07, 6.45) is 3.43. The van der Waals surface area contributed by atoms with Gasteiger partial charge in [0.2, 0.25) is 0 Å². The second kappa shape index (κ2) is 4.28. The van der Waals surface area contributed by atoms with Gasteiger partial charge in [0, 0.05) is 28.3 Å². The highest BCUT2D eigenvalue weighted by Gasteiger charge is 2.21. The van der Waals surface area contributed by atoms with Crippen molar-refractivity contribution in [3.05, 3.63) is 26.2 Å². The van der Waals surface area contributed by atoms with E-state index in [0.717, 1.165) is 13.0 Å². The maximum absolute atomic E-state index is 4.79. The van der Waals surface area contributed by atoms with E-state index in [2.05, 4.69) is 16.8 Å². The zero-order valence-electron chi connectivity index (χ0n) is 9.25. The summed E-state index contributed by atoms with van der Waals surface area (Å²) in [5.41, 5.74) is 2.65. The molecule has 0 spiro atoms. The third-order valence-corrected chi connectivity index (χ3v) is 5.07. The molecule has 84 valence electrons. The van der Waals surface area contributed by atoms with Crippen LogP contribution < -0.4 is 5.32 Å². The summed E-state index contributed by atoms with van der Waals surface area (Å²) in [6, 6.07) is 2.22. The quantitative estimate of drug-likeness (QED) is 0.906. The monoisotopic (exact) mass is 250 g/mol. The number of thiophene rings is 1. The molecule has 0 saturated carbocycles. The molecule has 2 aromatic rings. The summed E-state index contributed by atoms with van der Waals surface area (Å²) in [5.74, 6) is 0. The third kappa shape index (κ3) is 1.71. The van der Waals surface area contributed by atoms with E-state index in [-0.39, 0.29) is 0 Å². The fourth-order valence-corrected chi connectivity index (χ4v) is 4.05. The van der Waals surface area contributed by atoms with Crippen LogP contribution in [0.2, 0.25) is 0 Å². The van der Waals surface area contributed by atoms with Gasteiger partial charge < -0.3 is 5.32 Å². The van der Waals surface area contributed by atoms with Crippen LogP contribution in [-0.2, 0) is 19.3 Å². The number of hydrogen-bond acceptors (Lipinski definition) is 4. The minimum atomic E-state index is 1.02. The minimum Gasteiger partial charge on any atom is -0.319 e. The van der Waals surface area contributed by atoms with Crippen molar-refractivity contribution in [3.63, 3.8) is 0 Å². The Morgan fingerprint density at radius 1 is 1.38 bits per heavy atom. The zero-order chi connectivity index (χ0) is 11.0. The van der Waals surface area contributed by atoms with Crippen LogP contribution in [-0.4, -0.2) is 18.6 Å². The Morgan fingerprint density at radius 2 is 2.25 bits per heavy atom. The van der Waals surface area contributed by atoms with Gasteiger partial charge in [0.15, 0.2) is 0 Å². The van der Waals surface area contributed by atoms with Gasteiger partial charge in [-0.3, -0.25) is 0 Å². The van der Waals surface area contributed by atoms with E-state index in [1.807, 2.05) is 29.7 Å². The number of thiazole rings is 1. The minimum absolute atomic E-state index is 1.02. The van der Waals surface area contributed by atoms with Crippen LogP contribution in [0, 0.1) is 0 Å². The van der Waals surface area contributed by atoms with Crippen molar-refractivity contribution in [3.8, 4) is 11.3 Å². The molecule has 0 bridgehead atoms. The SMILES string of the molecule is CNCCc1nc2c(s1)CCc1sccc1-2. The van der Waals surface area contributed by atoms with E-state index in [4.69, 9.17) is 4.98 Å². The van der Waals surface area contributed by atoms with Gasteiger partial charge in [0.25, 0.3) is 0 Å². The van der Waals surface area contributed by atoms with Crippen molar-refractivity contribution in [2.45, 2.75) is 19.3 Å². The van der Waals surface area contributed by atoms with Crippen molar-refractivity contribution < 1.29 is 0 Å². The number of nitrogens with zero attached hydrogens (tertiary/aromatic N) is 1. The molecular formula is C12H14N2S2. The van der Waals surface area contributed by atoms with E-state index in [1.165, 1.54) is 38.9 Å². The Kier molecular flexibility index (Phi) is 2.79. The molecule has 1 aliphatic rings. The third-order valence-electron chi connectivity index (χ3n) is 2.91. The lowest BCUT2D eigenvalue weighted by Gasteiger charge is -2.09. The fourth-order valence-electron chi connectivity index (χ4n) is 2.09. The molecule has 0 amide bonds. The number of nitrogens with one attached hydrogen (secondary N) is 1. The standard InChI is InChI=1S/C12H14N2S2/c1-13-6-4-11-14-12-8-5-7-15-9(8)2-3-10(12)16-11/h5,7,13H,2-4,6H2,1H3. The summed E-state index contributed by atoms with van der Waals surface area (Å²) in [4.78, 5) is 7.78. The maximum atomic E-state index is 4.79. The van der Waals surface area contributed by atoms with Gasteiger partial charge in [0.1, 0.15) is 0 Å². The first-order valence-corrected chi connectivity index (χ1v) is 7.28. The van der Waals surface area contributed by atoms with Crippen LogP contribution in [0.4, 0.5) is 0 Å². The largest absolute Gasteiger partial charge is 0.319 e. The molecule has 16 heavy (non-hydrogen) atoms. The van der Waals surface area contributed by atoms with Gasteiger partial charge in [-0.05, 0) is 31.3 Å². The molecule has 1 N–H and O–H groups in total. The van der Waals surface area contributed by atoms with Gasteiger partial charge >= 0.3 is 0 Å². The van der Waals surface area contributed by atoms with Crippen LogP contribution in [0.3, 0.4) is 0 Å². The number of aromatic nitrogens is 1. The molecule has 0 fully saturated rings. The first kappa shape index (κ1) is 10.4. The molecule has 2 aromatic heterocycles. The topological polar surface area (TPSA) is 24.9 Å². The molecule has 4 heteroatoms. The maximum Gasteiger partial charge on any atom is 0.0948 e. The Balaban J connectivity index is 1.96. The summed E-state index contributed by atoms with van der Waals surface area (Å²) >= 11 is 3.76. The lowest BCUT2D eigenvalue weighted by atomic mass is 10.0. The van der Waals surface area contributed by atoms with E-state index >= 15 is 0 Å². The van der Waals surface area contributed by atoms with Crippen LogP contribution in [0.25, 0.3) is 11.3 Å². The van der Waals surface area contributed by atoms with Gasteiger partial charge in [-0.25, -0.2) is 4.98 Å². The van der Waals surface area contributed by atoms with Gasteiger partial charge in [-0.15, -0.1) is 22.7 Å². The smallest absolute Gasteiger partial charge is 0.0948 e. The molecule has 0 unspecified atom stereocenters. The second-order valence-electron chi connectivity index (χ2n) is 3.99. The van der Waals surface area contributed by atoms with Crippen molar-refractivity contribution in [2.75, 3.05) is 13.6 Å². The van der Waals surface area contributed by atoms with Gasteiger partial charge in [0.05, 0.1) is 10.7 Å². The van der Waals surface area contributed by atoms with Crippen LogP contribution >= 0.6 is 22.7 Å². The van der Waals surface area contributed by atoms with Gasteiger partial charge in [-0.1, -0.05) is 0 Å². The van der Waals surface area contributed by atoms with Gasteiger partial charge in [-0.2, -0.15) is 0 Å². The normalized spacial score (nSPS) is 13.6. The molecule has 0 aromatic carbocycles. The second-order valence-corrected chi connectivity index (χ2v) is 6.16. The van der Waals surface area contributed by atoms with E-state index in [0.29, 0.717) is 0 Å². The highest BCUT2D eigenvalue weighted by atomic mass is 32.1. The molecule has 2 nitrogen and oxygen atoms in total. The Labute approximate surface area is 103 Å². The average Bonchev–Trinajstić information content (AvgIpc) is 2.90. The molecule has 0 aliphatic heterocycles. The molecule has 1 aliphatic carbocycles. The first-order valence-electron chi connectivity index (χ1n) is 5.58. The van der Waals surface area contributed by atoms with Crippen LogP contribution in [0.5, 0.6) is 0 Å². The highest BCUT2D eigenvalue weighted by molar-refractivity contribution is 7.12. The number of hydrogen-bond donors (Lipinski definition) is 1. The summed E-state index contributed by atoms with van der Waals surface area (Å²) in [7, 11) is 1.99. The van der Waals surface area contributed by atoms with Crippen molar-refractivity contribution in [1.82, 2.24) is 10.3 Å². The summed E-state index contributed by atoms with van der Waals surface area (Å²) in [5, 5.41) is 6.64. The van der Waals surface area contributed by atoms with E-state index in [9.17, 15) is 0 Å². The van der Waals surface area contributed by atoms with Crippen molar-refractivity contribution in [1.29, 1.82) is 0 Å². The van der Waals surface area contributed by atoms with Crippen LogP contribution in [0.1, 0.15) is 14.8 Å². The number of likely N-dealkylation sites (N-methyl/N-ethyl adjacent to an activating group) is 1. The molecule has 0 radical (unpaired) electrons. The molecular weight excluding hydrogens is 236 g/mol. The predicted octanol–water partition coefficient (Wildman–Crippen LogP) is 2.73. The first-order chi connectivity index (χ1) is 7.88. The molecule has 3 rings (SSSR count). The number of aryl methyl sites for hydroxylation is 2. The average molecular weight is 250 g/mol. The fraction of sp³-hybridized carbons (Fsp3) is 0.417. The van der Waals surface area contributed by atoms with Crippen LogP contribution in [0.15, 0.2) is 11.4 Å².